The quantitative estimate of drug-likeness (QED) is 0.692. The first kappa shape index (κ1) is 16.1. The molecule has 0 saturated heterocycles. The smallest absolute Gasteiger partial charge is 0.409 e. The number of rotatable bonds is 6. The molecule has 0 spiro atoms. The van der Waals surface area contributed by atoms with Crippen molar-refractivity contribution in [1.29, 1.82) is 0 Å². The van der Waals surface area contributed by atoms with Crippen LogP contribution in [0.4, 0.5) is 4.79 Å². The second kappa shape index (κ2) is 8.26. The lowest BCUT2D eigenvalue weighted by Crippen LogP contribution is -2.34. The van der Waals surface area contributed by atoms with E-state index in [9.17, 15) is 4.79 Å². The number of carbonyl (C=O) groups excluding carboxylic acids is 1. The molecule has 0 radical (unpaired) electrons. The van der Waals surface area contributed by atoms with Crippen LogP contribution in [0.3, 0.4) is 0 Å². The van der Waals surface area contributed by atoms with Crippen molar-refractivity contribution in [3.63, 3.8) is 0 Å². The highest BCUT2D eigenvalue weighted by Crippen LogP contribution is 2.26. The van der Waals surface area contributed by atoms with E-state index in [1.165, 1.54) is 0 Å². The summed E-state index contributed by atoms with van der Waals surface area (Å²) in [6.45, 7) is 5.20. The van der Waals surface area contributed by atoms with Gasteiger partial charge in [0.1, 0.15) is 6.61 Å². The Bertz CT molecular complexity index is 207. The summed E-state index contributed by atoms with van der Waals surface area (Å²) in [6, 6.07) is 0. The number of alkyl halides is 3. The average Bonchev–Trinajstić information content (AvgIpc) is 2.19. The third-order valence-corrected chi connectivity index (χ3v) is 2.22. The highest BCUT2D eigenvalue weighted by molar-refractivity contribution is 6.67. The number of nitrogens with zero attached hydrogens (tertiary/aromatic N) is 1. The molecule has 0 bridgehead atoms. The maximum absolute atomic E-state index is 11.6. The Balaban J connectivity index is 4.05. The second-order valence-electron chi connectivity index (χ2n) is 3.51. The van der Waals surface area contributed by atoms with Crippen LogP contribution in [0.1, 0.15) is 33.1 Å². The highest BCUT2D eigenvalue weighted by Gasteiger charge is 2.23. The molecule has 0 aliphatic rings. The first-order valence-electron chi connectivity index (χ1n) is 5.39. The molecule has 0 saturated carbocycles. The molecule has 0 unspecified atom stereocenters. The number of hydrogen-bond donors (Lipinski definition) is 0. The SMILES string of the molecule is CCCCN(CCC)C(=O)OCC(Cl)(Cl)Cl. The van der Waals surface area contributed by atoms with Crippen LogP contribution in [-0.2, 0) is 4.74 Å². The molecule has 0 fully saturated rings. The molecule has 0 aromatic heterocycles. The minimum Gasteiger partial charge on any atom is -0.445 e. The molecule has 0 aliphatic heterocycles. The molecule has 6 heteroatoms. The number of ether oxygens (including phenoxy) is 1. The van der Waals surface area contributed by atoms with Crippen molar-refractivity contribution in [2.45, 2.75) is 36.9 Å². The normalized spacial score (nSPS) is 11.3. The van der Waals surface area contributed by atoms with Crippen molar-refractivity contribution in [3.05, 3.63) is 0 Å². The summed E-state index contributed by atoms with van der Waals surface area (Å²) >= 11 is 16.5. The van der Waals surface area contributed by atoms with Crippen LogP contribution in [0.15, 0.2) is 0 Å². The van der Waals surface area contributed by atoms with E-state index in [0.29, 0.717) is 13.1 Å². The average molecular weight is 291 g/mol. The maximum Gasteiger partial charge on any atom is 0.409 e. The Kier molecular flexibility index (Phi) is 8.34. The summed E-state index contributed by atoms with van der Waals surface area (Å²) in [6.07, 6.45) is 2.44. The van der Waals surface area contributed by atoms with Gasteiger partial charge in [0.25, 0.3) is 0 Å². The van der Waals surface area contributed by atoms with Crippen molar-refractivity contribution in [2.75, 3.05) is 19.7 Å². The lowest BCUT2D eigenvalue weighted by molar-refractivity contribution is 0.103. The van der Waals surface area contributed by atoms with Gasteiger partial charge in [0.15, 0.2) is 0 Å². The summed E-state index contributed by atoms with van der Waals surface area (Å²) in [5, 5.41) is 0. The van der Waals surface area contributed by atoms with Crippen LogP contribution in [0.5, 0.6) is 0 Å². The Morgan fingerprint density at radius 2 is 1.81 bits per heavy atom. The zero-order valence-corrected chi connectivity index (χ0v) is 11.9. The van der Waals surface area contributed by atoms with Gasteiger partial charge in [-0.3, -0.25) is 0 Å². The molecule has 0 aliphatic carbocycles. The number of amides is 1. The lowest BCUT2D eigenvalue weighted by Gasteiger charge is -2.22. The van der Waals surface area contributed by atoms with E-state index in [-0.39, 0.29) is 6.61 Å². The fraction of sp³-hybridized carbons (Fsp3) is 0.900. The van der Waals surface area contributed by atoms with Gasteiger partial charge < -0.3 is 9.64 Å². The summed E-state index contributed by atoms with van der Waals surface area (Å²) in [4.78, 5) is 13.3. The van der Waals surface area contributed by atoms with Crippen molar-refractivity contribution in [3.8, 4) is 0 Å². The van der Waals surface area contributed by atoms with Crippen LogP contribution < -0.4 is 0 Å². The van der Waals surface area contributed by atoms with Crippen LogP contribution in [-0.4, -0.2) is 34.5 Å². The number of hydrogen-bond acceptors (Lipinski definition) is 2. The zero-order chi connectivity index (χ0) is 12.6. The van der Waals surface area contributed by atoms with Gasteiger partial charge in [0.2, 0.25) is 3.79 Å². The molecule has 16 heavy (non-hydrogen) atoms. The predicted molar refractivity (Wildman–Crippen MR) is 68.4 cm³/mol. The second-order valence-corrected chi connectivity index (χ2v) is 6.03. The van der Waals surface area contributed by atoms with E-state index in [0.717, 1.165) is 19.3 Å². The maximum atomic E-state index is 11.6. The summed E-state index contributed by atoms with van der Waals surface area (Å²) < 4.78 is 3.37. The predicted octanol–water partition coefficient (Wildman–Crippen LogP) is 4.01. The molecule has 0 atom stereocenters. The van der Waals surface area contributed by atoms with Crippen LogP contribution in [0.2, 0.25) is 0 Å². The van der Waals surface area contributed by atoms with Gasteiger partial charge >= 0.3 is 6.09 Å². The summed E-state index contributed by atoms with van der Waals surface area (Å²) in [7, 11) is 0. The van der Waals surface area contributed by atoms with E-state index < -0.39 is 9.89 Å². The fourth-order valence-electron chi connectivity index (χ4n) is 1.15. The first-order valence-corrected chi connectivity index (χ1v) is 6.52. The lowest BCUT2D eigenvalue weighted by atomic mass is 10.3. The molecule has 0 aromatic rings. The number of unbranched alkanes of at least 4 members (excludes halogenated alkanes) is 1. The first-order chi connectivity index (χ1) is 7.40. The van der Waals surface area contributed by atoms with E-state index in [2.05, 4.69) is 6.92 Å². The molecule has 0 heterocycles. The molecule has 0 rings (SSSR count). The monoisotopic (exact) mass is 289 g/mol. The molecule has 0 N–H and O–H groups in total. The number of halogens is 3. The Morgan fingerprint density at radius 1 is 1.19 bits per heavy atom. The van der Waals surface area contributed by atoms with Gasteiger partial charge in [0.05, 0.1) is 0 Å². The highest BCUT2D eigenvalue weighted by atomic mass is 35.6. The summed E-state index contributed by atoms with van der Waals surface area (Å²) in [5.74, 6) is 0. The van der Waals surface area contributed by atoms with E-state index in [1.807, 2.05) is 6.92 Å². The third-order valence-electron chi connectivity index (χ3n) is 1.89. The third kappa shape index (κ3) is 8.31. The van der Waals surface area contributed by atoms with E-state index in [4.69, 9.17) is 39.5 Å². The minimum atomic E-state index is -1.54. The van der Waals surface area contributed by atoms with Gasteiger partial charge in [-0.2, -0.15) is 0 Å². The standard InChI is InChI=1S/C10H18Cl3NO2/c1-3-5-7-14(6-4-2)9(15)16-8-10(11,12)13/h3-8H2,1-2H3. The van der Waals surface area contributed by atoms with Gasteiger partial charge in [-0.25, -0.2) is 4.79 Å². The van der Waals surface area contributed by atoms with Gasteiger partial charge in [-0.1, -0.05) is 55.1 Å². The van der Waals surface area contributed by atoms with Crippen LogP contribution in [0.25, 0.3) is 0 Å². The molecule has 0 aromatic carbocycles. The van der Waals surface area contributed by atoms with Gasteiger partial charge in [-0.05, 0) is 12.8 Å². The minimum absolute atomic E-state index is 0.219. The molecule has 3 nitrogen and oxygen atoms in total. The van der Waals surface area contributed by atoms with E-state index >= 15 is 0 Å². The molecule has 96 valence electrons. The van der Waals surface area contributed by atoms with Crippen molar-refractivity contribution < 1.29 is 9.53 Å². The fourth-order valence-corrected chi connectivity index (χ4v) is 1.31. The largest absolute Gasteiger partial charge is 0.445 e. The summed E-state index contributed by atoms with van der Waals surface area (Å²) in [5.41, 5.74) is 0. The van der Waals surface area contributed by atoms with Gasteiger partial charge in [0, 0.05) is 13.1 Å². The van der Waals surface area contributed by atoms with Gasteiger partial charge in [-0.15, -0.1) is 0 Å². The number of carbonyl (C=O) groups is 1. The zero-order valence-electron chi connectivity index (χ0n) is 9.64. The Labute approximate surface area is 112 Å². The Hall–Kier alpha value is 0.140. The van der Waals surface area contributed by atoms with Crippen molar-refractivity contribution in [1.82, 2.24) is 4.90 Å². The van der Waals surface area contributed by atoms with Crippen molar-refractivity contribution in [2.24, 2.45) is 0 Å². The molecule has 1 amide bonds. The molecular weight excluding hydrogens is 272 g/mol. The topological polar surface area (TPSA) is 29.5 Å². The van der Waals surface area contributed by atoms with Crippen LogP contribution in [0, 0.1) is 0 Å². The van der Waals surface area contributed by atoms with Crippen molar-refractivity contribution >= 4 is 40.9 Å². The molecular formula is C10H18Cl3NO2. The Morgan fingerprint density at radius 3 is 2.25 bits per heavy atom. The van der Waals surface area contributed by atoms with Crippen LogP contribution >= 0.6 is 34.8 Å². The van der Waals surface area contributed by atoms with E-state index in [1.54, 1.807) is 4.90 Å².